The zero-order chi connectivity index (χ0) is 20.7. The molecule has 2 heterocycles. The van der Waals surface area contributed by atoms with Crippen molar-refractivity contribution in [2.45, 2.75) is 11.4 Å². The van der Waals surface area contributed by atoms with Crippen molar-refractivity contribution in [2.24, 2.45) is 0 Å². The van der Waals surface area contributed by atoms with Gasteiger partial charge in [-0.3, -0.25) is 4.79 Å². The summed E-state index contributed by atoms with van der Waals surface area (Å²) in [5.41, 5.74) is 1.18. The summed E-state index contributed by atoms with van der Waals surface area (Å²) in [6, 6.07) is 9.69. The Balaban J connectivity index is 1.65. The lowest BCUT2D eigenvalue weighted by molar-refractivity contribution is 0.0950. The summed E-state index contributed by atoms with van der Waals surface area (Å²) in [6.45, 7) is 6.82. The van der Waals surface area contributed by atoms with Crippen molar-refractivity contribution >= 4 is 21.7 Å². The third-order valence-electron chi connectivity index (χ3n) is 4.42. The second kappa shape index (κ2) is 9.64. The number of ether oxygens (including phenoxy) is 1. The Bertz CT molecular complexity index is 972. The van der Waals surface area contributed by atoms with Crippen LogP contribution >= 0.6 is 0 Å². The van der Waals surface area contributed by atoms with E-state index in [9.17, 15) is 13.2 Å². The fourth-order valence-corrected chi connectivity index (χ4v) is 3.92. The van der Waals surface area contributed by atoms with Gasteiger partial charge in [-0.25, -0.2) is 18.1 Å². The van der Waals surface area contributed by atoms with Crippen LogP contribution in [-0.4, -0.2) is 52.2 Å². The first-order chi connectivity index (χ1) is 14.0. The van der Waals surface area contributed by atoms with Gasteiger partial charge in [-0.2, -0.15) is 0 Å². The van der Waals surface area contributed by atoms with Crippen molar-refractivity contribution in [2.75, 3.05) is 37.7 Å². The summed E-state index contributed by atoms with van der Waals surface area (Å²) < 4.78 is 32.2. The SMILES string of the molecule is C=CCNS(=O)(=O)c1cccc(C(=O)NCc2ccnc(N3CCOCC3)c2)c1. The van der Waals surface area contributed by atoms with Gasteiger partial charge in [0.2, 0.25) is 10.0 Å². The molecule has 0 saturated carbocycles. The summed E-state index contributed by atoms with van der Waals surface area (Å²) >= 11 is 0. The first-order valence-corrected chi connectivity index (χ1v) is 10.7. The largest absolute Gasteiger partial charge is 0.378 e. The molecule has 154 valence electrons. The topological polar surface area (TPSA) is 101 Å². The number of rotatable bonds is 8. The number of morpholine rings is 1. The number of hydrogen-bond acceptors (Lipinski definition) is 6. The Hall–Kier alpha value is -2.75. The number of carbonyl (C=O) groups is 1. The van der Waals surface area contributed by atoms with E-state index < -0.39 is 10.0 Å². The molecular formula is C20H24N4O4S. The summed E-state index contributed by atoms with van der Waals surface area (Å²) in [6.07, 6.45) is 3.17. The van der Waals surface area contributed by atoms with Gasteiger partial charge >= 0.3 is 0 Å². The van der Waals surface area contributed by atoms with Crippen molar-refractivity contribution in [3.05, 3.63) is 66.4 Å². The van der Waals surface area contributed by atoms with Gasteiger partial charge in [-0.05, 0) is 35.9 Å². The molecule has 8 nitrogen and oxygen atoms in total. The van der Waals surface area contributed by atoms with E-state index >= 15 is 0 Å². The van der Waals surface area contributed by atoms with Gasteiger partial charge in [0, 0.05) is 37.9 Å². The van der Waals surface area contributed by atoms with E-state index in [4.69, 9.17) is 4.74 Å². The molecule has 3 rings (SSSR count). The molecule has 1 aromatic heterocycles. The lowest BCUT2D eigenvalue weighted by Gasteiger charge is -2.28. The van der Waals surface area contributed by atoms with Crippen LogP contribution in [0.2, 0.25) is 0 Å². The normalized spacial score (nSPS) is 14.4. The van der Waals surface area contributed by atoms with Gasteiger partial charge in [-0.1, -0.05) is 12.1 Å². The van der Waals surface area contributed by atoms with Gasteiger partial charge in [0.05, 0.1) is 18.1 Å². The number of amides is 1. The summed E-state index contributed by atoms with van der Waals surface area (Å²) in [7, 11) is -3.69. The predicted molar refractivity (Wildman–Crippen MR) is 110 cm³/mol. The highest BCUT2D eigenvalue weighted by atomic mass is 32.2. The van der Waals surface area contributed by atoms with E-state index in [2.05, 4.69) is 26.5 Å². The molecule has 0 unspecified atom stereocenters. The number of anilines is 1. The standard InChI is InChI=1S/C20H24N4O4S/c1-2-7-23-29(26,27)18-5-3-4-17(14-18)20(25)22-15-16-6-8-21-19(13-16)24-9-11-28-12-10-24/h2-6,8,13-14,23H,1,7,9-12,15H2,(H,22,25). The lowest BCUT2D eigenvalue weighted by Crippen LogP contribution is -2.36. The molecule has 29 heavy (non-hydrogen) atoms. The second-order valence-electron chi connectivity index (χ2n) is 6.47. The Morgan fingerprint density at radius 3 is 2.79 bits per heavy atom. The molecule has 0 aliphatic carbocycles. The van der Waals surface area contributed by atoms with E-state index in [0.29, 0.717) is 19.8 Å². The van der Waals surface area contributed by atoms with Crippen molar-refractivity contribution in [1.29, 1.82) is 0 Å². The first kappa shape index (κ1) is 21.0. The van der Waals surface area contributed by atoms with Crippen molar-refractivity contribution in [3.8, 4) is 0 Å². The van der Waals surface area contributed by atoms with Crippen LogP contribution in [0.4, 0.5) is 5.82 Å². The zero-order valence-electron chi connectivity index (χ0n) is 16.0. The molecule has 0 radical (unpaired) electrons. The maximum Gasteiger partial charge on any atom is 0.251 e. The molecule has 1 aliphatic rings. The fourth-order valence-electron chi connectivity index (χ4n) is 2.88. The molecule has 0 bridgehead atoms. The third-order valence-corrected chi connectivity index (χ3v) is 5.84. The van der Waals surface area contributed by atoms with Crippen molar-refractivity contribution < 1.29 is 17.9 Å². The minimum Gasteiger partial charge on any atom is -0.378 e. The van der Waals surface area contributed by atoms with E-state index in [-0.39, 0.29) is 22.9 Å². The molecule has 1 saturated heterocycles. The van der Waals surface area contributed by atoms with Crippen molar-refractivity contribution in [3.63, 3.8) is 0 Å². The summed E-state index contributed by atoms with van der Waals surface area (Å²) in [4.78, 5) is 19.1. The molecule has 9 heteroatoms. The average Bonchev–Trinajstić information content (AvgIpc) is 2.77. The summed E-state index contributed by atoms with van der Waals surface area (Å²) in [5, 5.41) is 2.83. The number of sulfonamides is 1. The number of nitrogens with one attached hydrogen (secondary N) is 2. The smallest absolute Gasteiger partial charge is 0.251 e. The van der Waals surface area contributed by atoms with Crippen LogP contribution in [0.1, 0.15) is 15.9 Å². The highest BCUT2D eigenvalue weighted by Gasteiger charge is 2.16. The van der Waals surface area contributed by atoms with Crippen LogP contribution in [-0.2, 0) is 21.3 Å². The maximum atomic E-state index is 12.5. The number of benzene rings is 1. The van der Waals surface area contributed by atoms with E-state index in [1.165, 1.54) is 18.2 Å². The van der Waals surface area contributed by atoms with E-state index in [1.807, 2.05) is 12.1 Å². The van der Waals surface area contributed by atoms with Gasteiger partial charge in [-0.15, -0.1) is 6.58 Å². The number of nitrogens with zero attached hydrogens (tertiary/aromatic N) is 2. The van der Waals surface area contributed by atoms with Crippen LogP contribution in [0.5, 0.6) is 0 Å². The third kappa shape index (κ3) is 5.63. The Labute approximate surface area is 170 Å². The highest BCUT2D eigenvalue weighted by Crippen LogP contribution is 2.15. The monoisotopic (exact) mass is 416 g/mol. The molecule has 1 aliphatic heterocycles. The minimum absolute atomic E-state index is 0.0329. The fraction of sp³-hybridized carbons (Fsp3) is 0.300. The van der Waals surface area contributed by atoms with Gasteiger partial charge in [0.25, 0.3) is 5.91 Å². The Kier molecular flexibility index (Phi) is 6.97. The van der Waals surface area contributed by atoms with Crippen LogP contribution < -0.4 is 14.9 Å². The Morgan fingerprint density at radius 2 is 2.03 bits per heavy atom. The second-order valence-corrected chi connectivity index (χ2v) is 8.24. The zero-order valence-corrected chi connectivity index (χ0v) is 16.8. The molecule has 0 atom stereocenters. The number of aromatic nitrogens is 1. The van der Waals surface area contributed by atoms with Crippen molar-refractivity contribution in [1.82, 2.24) is 15.0 Å². The number of carbonyl (C=O) groups excluding carboxylic acids is 1. The van der Waals surface area contributed by atoms with E-state index in [0.717, 1.165) is 24.5 Å². The molecule has 1 amide bonds. The van der Waals surface area contributed by atoms with Gasteiger partial charge in [0.15, 0.2) is 0 Å². The maximum absolute atomic E-state index is 12.5. The molecule has 2 N–H and O–H groups in total. The average molecular weight is 417 g/mol. The molecule has 0 spiro atoms. The van der Waals surface area contributed by atoms with Crippen LogP contribution in [0.25, 0.3) is 0 Å². The van der Waals surface area contributed by atoms with Crippen LogP contribution in [0, 0.1) is 0 Å². The molecule has 1 fully saturated rings. The van der Waals surface area contributed by atoms with E-state index in [1.54, 1.807) is 18.3 Å². The van der Waals surface area contributed by atoms with Gasteiger partial charge < -0.3 is 15.0 Å². The molecular weight excluding hydrogens is 392 g/mol. The molecule has 2 aromatic rings. The Morgan fingerprint density at radius 1 is 1.24 bits per heavy atom. The first-order valence-electron chi connectivity index (χ1n) is 9.26. The number of pyridine rings is 1. The predicted octanol–water partition coefficient (Wildman–Crippen LogP) is 1.31. The quantitative estimate of drug-likeness (QED) is 0.630. The van der Waals surface area contributed by atoms with Crippen LogP contribution in [0.15, 0.2) is 60.1 Å². The van der Waals surface area contributed by atoms with Gasteiger partial charge in [0.1, 0.15) is 5.82 Å². The summed E-state index contributed by atoms with van der Waals surface area (Å²) in [5.74, 6) is 0.497. The molecule has 1 aromatic carbocycles. The lowest BCUT2D eigenvalue weighted by atomic mass is 10.2. The minimum atomic E-state index is -3.69. The van der Waals surface area contributed by atoms with Crippen LogP contribution in [0.3, 0.4) is 0 Å². The number of hydrogen-bond donors (Lipinski definition) is 2. The highest BCUT2D eigenvalue weighted by molar-refractivity contribution is 7.89.